The lowest BCUT2D eigenvalue weighted by Gasteiger charge is -2.31. The van der Waals surface area contributed by atoms with Crippen LogP contribution in [0.5, 0.6) is 0 Å². The van der Waals surface area contributed by atoms with Crippen LogP contribution in [0, 0.1) is 0 Å². The van der Waals surface area contributed by atoms with Crippen molar-refractivity contribution in [1.82, 2.24) is 20.5 Å². The molecule has 3 N–H and O–H groups in total. The Morgan fingerprint density at radius 1 is 1.20 bits per heavy atom. The number of hydrogen-bond donors (Lipinski definition) is 3. The van der Waals surface area contributed by atoms with Crippen molar-refractivity contribution in [1.29, 1.82) is 0 Å². The van der Waals surface area contributed by atoms with E-state index >= 15 is 0 Å². The highest BCUT2D eigenvalue weighted by Gasteiger charge is 2.34. The van der Waals surface area contributed by atoms with Gasteiger partial charge < -0.3 is 10.6 Å². The molecule has 1 amide bonds. The standard InChI is InChI=1S/C20H19ClF3N5O/c21-12-4-5-16-15(6-12)17(8-18(29-16)20(22,23)24)27-13-2-1-3-14(7-13)28-19(30)11-9-25-26-10-11/h4-6,8-10,13-14H,1-3,7H2,(H,25,26)(H,27,29)(H,28,30)/t13-,14+/m0/s1. The van der Waals surface area contributed by atoms with E-state index in [-0.39, 0.29) is 23.5 Å². The molecule has 1 saturated carbocycles. The number of amides is 1. The highest BCUT2D eigenvalue weighted by atomic mass is 35.5. The number of halogens is 4. The van der Waals surface area contributed by atoms with E-state index < -0.39 is 11.9 Å². The van der Waals surface area contributed by atoms with Crippen LogP contribution in [-0.2, 0) is 6.18 Å². The summed E-state index contributed by atoms with van der Waals surface area (Å²) < 4.78 is 40.0. The summed E-state index contributed by atoms with van der Waals surface area (Å²) in [5.41, 5.74) is 0.0362. The number of hydrogen-bond acceptors (Lipinski definition) is 4. The molecule has 30 heavy (non-hydrogen) atoms. The van der Waals surface area contributed by atoms with Gasteiger partial charge in [-0.25, -0.2) is 4.98 Å². The van der Waals surface area contributed by atoms with Gasteiger partial charge in [-0.2, -0.15) is 18.3 Å². The molecule has 2 atom stereocenters. The van der Waals surface area contributed by atoms with Gasteiger partial charge in [0.15, 0.2) is 0 Å². The normalized spacial score (nSPS) is 19.6. The SMILES string of the molecule is O=C(N[C@@H]1CCC[C@H](Nc2cc(C(F)(F)F)nc3ccc(Cl)cc23)C1)c1cn[nH]c1. The third-order valence-corrected chi connectivity index (χ3v) is 5.43. The molecule has 0 bridgehead atoms. The second-order valence-electron chi connectivity index (χ2n) is 7.38. The topological polar surface area (TPSA) is 82.7 Å². The van der Waals surface area contributed by atoms with Gasteiger partial charge >= 0.3 is 6.18 Å². The van der Waals surface area contributed by atoms with Gasteiger partial charge in [-0.05, 0) is 49.9 Å². The lowest BCUT2D eigenvalue weighted by Crippen LogP contribution is -2.41. The molecular weight excluding hydrogens is 419 g/mol. The minimum absolute atomic E-state index is 0.0857. The highest BCUT2D eigenvalue weighted by molar-refractivity contribution is 6.31. The summed E-state index contributed by atoms with van der Waals surface area (Å²) in [6.45, 7) is 0. The molecule has 158 valence electrons. The number of alkyl halides is 3. The first-order valence-electron chi connectivity index (χ1n) is 9.53. The van der Waals surface area contributed by atoms with Gasteiger partial charge in [0.05, 0.1) is 17.3 Å². The minimum Gasteiger partial charge on any atom is -0.382 e. The number of nitrogens with zero attached hydrogens (tertiary/aromatic N) is 2. The number of rotatable bonds is 4. The number of pyridine rings is 1. The van der Waals surface area contributed by atoms with E-state index in [2.05, 4.69) is 25.8 Å². The van der Waals surface area contributed by atoms with Crippen molar-refractivity contribution in [2.75, 3.05) is 5.32 Å². The predicted molar refractivity (Wildman–Crippen MR) is 107 cm³/mol. The molecule has 3 aromatic rings. The van der Waals surface area contributed by atoms with Crippen LogP contribution in [0.25, 0.3) is 10.9 Å². The zero-order valence-electron chi connectivity index (χ0n) is 15.8. The van der Waals surface area contributed by atoms with E-state index in [1.54, 1.807) is 6.07 Å². The van der Waals surface area contributed by atoms with Gasteiger partial charge in [-0.15, -0.1) is 0 Å². The molecular formula is C20H19ClF3N5O. The molecule has 0 unspecified atom stereocenters. The predicted octanol–water partition coefficient (Wildman–Crippen LogP) is 4.78. The summed E-state index contributed by atoms with van der Waals surface area (Å²) in [4.78, 5) is 16.0. The number of nitrogens with one attached hydrogen (secondary N) is 3. The second kappa shape index (κ2) is 8.14. The summed E-state index contributed by atoms with van der Waals surface area (Å²) in [6, 6.07) is 5.44. The first kappa shape index (κ1) is 20.5. The molecule has 6 nitrogen and oxygen atoms in total. The van der Waals surface area contributed by atoms with Crippen molar-refractivity contribution in [2.24, 2.45) is 0 Å². The Hall–Kier alpha value is -2.81. The van der Waals surface area contributed by atoms with Crippen LogP contribution in [0.15, 0.2) is 36.7 Å². The van der Waals surface area contributed by atoms with E-state index in [9.17, 15) is 18.0 Å². The summed E-state index contributed by atoms with van der Waals surface area (Å²) >= 11 is 6.06. The fourth-order valence-electron chi connectivity index (χ4n) is 3.78. The Balaban J connectivity index is 1.55. The van der Waals surface area contributed by atoms with Gasteiger partial charge in [-0.3, -0.25) is 9.89 Å². The number of aromatic amines is 1. The maximum absolute atomic E-state index is 13.3. The quantitative estimate of drug-likeness (QED) is 0.548. The molecule has 2 heterocycles. The number of carbonyl (C=O) groups is 1. The summed E-state index contributed by atoms with van der Waals surface area (Å²) in [5.74, 6) is -0.227. The van der Waals surface area contributed by atoms with Crippen molar-refractivity contribution < 1.29 is 18.0 Å². The van der Waals surface area contributed by atoms with E-state index in [1.165, 1.54) is 24.5 Å². The van der Waals surface area contributed by atoms with Crippen LogP contribution in [0.2, 0.25) is 5.02 Å². The lowest BCUT2D eigenvalue weighted by atomic mass is 9.90. The molecule has 1 aliphatic carbocycles. The van der Waals surface area contributed by atoms with E-state index in [0.29, 0.717) is 28.1 Å². The van der Waals surface area contributed by atoms with Crippen LogP contribution >= 0.6 is 11.6 Å². The van der Waals surface area contributed by atoms with Crippen molar-refractivity contribution in [3.8, 4) is 0 Å². The number of benzene rings is 1. The van der Waals surface area contributed by atoms with Crippen LogP contribution in [-0.4, -0.2) is 33.2 Å². The van der Waals surface area contributed by atoms with Gasteiger partial charge in [0, 0.05) is 34.4 Å². The van der Waals surface area contributed by atoms with E-state index in [0.717, 1.165) is 25.3 Å². The van der Waals surface area contributed by atoms with Gasteiger partial charge in [0.25, 0.3) is 5.91 Å². The minimum atomic E-state index is -4.56. The zero-order chi connectivity index (χ0) is 21.3. The average Bonchev–Trinajstić information content (AvgIpc) is 3.23. The molecule has 4 rings (SSSR count). The molecule has 10 heteroatoms. The van der Waals surface area contributed by atoms with Crippen LogP contribution < -0.4 is 10.6 Å². The zero-order valence-corrected chi connectivity index (χ0v) is 16.5. The number of carbonyl (C=O) groups excluding carboxylic acids is 1. The second-order valence-corrected chi connectivity index (χ2v) is 7.82. The largest absolute Gasteiger partial charge is 0.433 e. The molecule has 0 radical (unpaired) electrons. The Labute approximate surface area is 175 Å². The van der Waals surface area contributed by atoms with Gasteiger partial charge in [-0.1, -0.05) is 11.6 Å². The summed E-state index contributed by atoms with van der Waals surface area (Å²) in [6.07, 6.45) is 1.41. The number of aromatic nitrogens is 3. The summed E-state index contributed by atoms with van der Waals surface area (Å²) in [5, 5.41) is 13.5. The maximum Gasteiger partial charge on any atom is 0.433 e. The number of anilines is 1. The van der Waals surface area contributed by atoms with Crippen molar-refractivity contribution in [2.45, 2.75) is 43.9 Å². The highest BCUT2D eigenvalue weighted by Crippen LogP contribution is 2.35. The van der Waals surface area contributed by atoms with Crippen LogP contribution in [0.4, 0.5) is 18.9 Å². The van der Waals surface area contributed by atoms with Crippen molar-refractivity contribution in [3.63, 3.8) is 0 Å². The molecule has 1 fully saturated rings. The number of fused-ring (bicyclic) bond motifs is 1. The Bertz CT molecular complexity index is 1050. The third-order valence-electron chi connectivity index (χ3n) is 5.19. The van der Waals surface area contributed by atoms with Gasteiger partial charge in [0.1, 0.15) is 5.69 Å². The Morgan fingerprint density at radius 2 is 2.00 bits per heavy atom. The molecule has 0 aliphatic heterocycles. The Morgan fingerprint density at radius 3 is 2.73 bits per heavy atom. The van der Waals surface area contributed by atoms with Crippen molar-refractivity contribution in [3.05, 3.63) is 52.9 Å². The van der Waals surface area contributed by atoms with E-state index in [4.69, 9.17) is 11.6 Å². The maximum atomic E-state index is 13.3. The van der Waals surface area contributed by atoms with Crippen molar-refractivity contribution >= 4 is 34.1 Å². The van der Waals surface area contributed by atoms with Gasteiger partial charge in [0.2, 0.25) is 0 Å². The molecule has 0 saturated heterocycles. The lowest BCUT2D eigenvalue weighted by molar-refractivity contribution is -0.140. The fraction of sp³-hybridized carbons (Fsp3) is 0.350. The molecule has 2 aromatic heterocycles. The molecule has 0 spiro atoms. The summed E-state index contributed by atoms with van der Waals surface area (Å²) in [7, 11) is 0. The van der Waals surface area contributed by atoms with Crippen LogP contribution in [0.1, 0.15) is 41.7 Å². The van der Waals surface area contributed by atoms with Crippen LogP contribution in [0.3, 0.4) is 0 Å². The molecule has 1 aliphatic rings. The first-order valence-corrected chi connectivity index (χ1v) is 9.91. The first-order chi connectivity index (χ1) is 14.3. The third kappa shape index (κ3) is 4.51. The Kier molecular flexibility index (Phi) is 5.55. The van der Waals surface area contributed by atoms with E-state index in [1.807, 2.05) is 0 Å². The monoisotopic (exact) mass is 437 g/mol. The number of H-pyrrole nitrogens is 1. The smallest absolute Gasteiger partial charge is 0.382 e. The fourth-order valence-corrected chi connectivity index (χ4v) is 3.95. The molecule has 1 aromatic carbocycles. The average molecular weight is 438 g/mol.